The average Bonchev–Trinajstić information content (AvgIpc) is 2.38. The van der Waals surface area contributed by atoms with E-state index < -0.39 is 0 Å². The van der Waals surface area contributed by atoms with E-state index in [2.05, 4.69) is 51.1 Å². The quantitative estimate of drug-likeness (QED) is 0.745. The van der Waals surface area contributed by atoms with E-state index in [-0.39, 0.29) is 0 Å². The highest BCUT2D eigenvalue weighted by Crippen LogP contribution is 2.26. The van der Waals surface area contributed by atoms with Gasteiger partial charge in [-0.1, -0.05) is 60.5 Å². The highest BCUT2D eigenvalue weighted by atomic mass is 16.1. The number of rotatable bonds is 4. The second-order valence-electron chi connectivity index (χ2n) is 5.26. The number of carbonyl (C=O) groups is 1. The molecule has 19 heavy (non-hydrogen) atoms. The van der Waals surface area contributed by atoms with Gasteiger partial charge < -0.3 is 4.79 Å². The van der Waals surface area contributed by atoms with Crippen LogP contribution in [-0.4, -0.2) is 6.29 Å². The Morgan fingerprint density at radius 3 is 2.05 bits per heavy atom. The Balaban J connectivity index is 2.27. The monoisotopic (exact) mass is 252 g/mol. The Bertz CT molecular complexity index is 546. The van der Waals surface area contributed by atoms with Crippen LogP contribution in [0.25, 0.3) is 0 Å². The lowest BCUT2D eigenvalue weighted by Gasteiger charge is -2.14. The van der Waals surface area contributed by atoms with E-state index in [0.29, 0.717) is 12.3 Å². The summed E-state index contributed by atoms with van der Waals surface area (Å²) in [5.74, 6) is 0.379. The first kappa shape index (κ1) is 13.5. The van der Waals surface area contributed by atoms with Crippen molar-refractivity contribution in [2.45, 2.75) is 33.1 Å². The van der Waals surface area contributed by atoms with Gasteiger partial charge in [0.25, 0.3) is 0 Å². The standard InChI is InChI=1S/C18H20O/c1-13-10-14(2)12-18(11-13)15(3)17-6-4-16(5-7-17)8-9-19/h4-7,9-12,15H,8H2,1-3H3. The second-order valence-corrected chi connectivity index (χ2v) is 5.26. The van der Waals surface area contributed by atoms with Crippen LogP contribution in [-0.2, 0) is 11.2 Å². The number of benzene rings is 2. The molecule has 0 aliphatic carbocycles. The zero-order valence-electron chi connectivity index (χ0n) is 11.8. The molecule has 0 N–H and O–H groups in total. The fourth-order valence-corrected chi connectivity index (χ4v) is 2.49. The van der Waals surface area contributed by atoms with Crippen molar-refractivity contribution in [3.05, 3.63) is 70.3 Å². The Hall–Kier alpha value is -1.89. The van der Waals surface area contributed by atoms with Gasteiger partial charge in [0.05, 0.1) is 0 Å². The van der Waals surface area contributed by atoms with Crippen molar-refractivity contribution in [1.29, 1.82) is 0 Å². The Kier molecular flexibility index (Phi) is 4.16. The second kappa shape index (κ2) is 5.83. The number of hydrogen-bond acceptors (Lipinski definition) is 1. The normalized spacial score (nSPS) is 12.2. The molecule has 2 aromatic rings. The van der Waals surface area contributed by atoms with Gasteiger partial charge in [-0.05, 0) is 30.5 Å². The minimum absolute atomic E-state index is 0.379. The fraction of sp³-hybridized carbons (Fsp3) is 0.278. The van der Waals surface area contributed by atoms with Crippen molar-refractivity contribution in [2.24, 2.45) is 0 Å². The maximum absolute atomic E-state index is 10.5. The van der Waals surface area contributed by atoms with Gasteiger partial charge in [0.15, 0.2) is 0 Å². The summed E-state index contributed by atoms with van der Waals surface area (Å²) < 4.78 is 0. The molecule has 0 saturated heterocycles. The van der Waals surface area contributed by atoms with Crippen LogP contribution >= 0.6 is 0 Å². The Morgan fingerprint density at radius 2 is 1.53 bits per heavy atom. The number of carbonyl (C=O) groups excluding carboxylic acids is 1. The predicted molar refractivity (Wildman–Crippen MR) is 79.6 cm³/mol. The van der Waals surface area contributed by atoms with E-state index in [1.54, 1.807) is 0 Å². The molecule has 1 heteroatoms. The molecule has 0 aliphatic rings. The largest absolute Gasteiger partial charge is 0.303 e. The summed E-state index contributed by atoms with van der Waals surface area (Å²) in [4.78, 5) is 10.5. The molecule has 0 fully saturated rings. The molecular weight excluding hydrogens is 232 g/mol. The smallest absolute Gasteiger partial charge is 0.124 e. The lowest BCUT2D eigenvalue weighted by molar-refractivity contribution is -0.107. The first-order valence-electron chi connectivity index (χ1n) is 6.71. The van der Waals surface area contributed by atoms with Crippen LogP contribution in [0.2, 0.25) is 0 Å². The summed E-state index contributed by atoms with van der Waals surface area (Å²) in [6.07, 6.45) is 1.45. The van der Waals surface area contributed by atoms with Crippen LogP contribution in [0.3, 0.4) is 0 Å². The molecular formula is C18H20O. The molecule has 2 rings (SSSR count). The maximum Gasteiger partial charge on any atom is 0.124 e. The molecule has 1 unspecified atom stereocenters. The molecule has 0 heterocycles. The van der Waals surface area contributed by atoms with E-state index in [1.807, 2.05) is 12.1 Å². The minimum Gasteiger partial charge on any atom is -0.303 e. The zero-order valence-corrected chi connectivity index (χ0v) is 11.8. The van der Waals surface area contributed by atoms with Crippen LogP contribution < -0.4 is 0 Å². The zero-order chi connectivity index (χ0) is 13.8. The molecule has 0 aromatic heterocycles. The predicted octanol–water partition coefficient (Wildman–Crippen LogP) is 4.20. The summed E-state index contributed by atoms with van der Waals surface area (Å²) in [6.45, 7) is 6.50. The van der Waals surface area contributed by atoms with E-state index in [9.17, 15) is 4.79 Å². The number of aryl methyl sites for hydroxylation is 2. The summed E-state index contributed by atoms with van der Waals surface area (Å²) in [6, 6.07) is 15.0. The van der Waals surface area contributed by atoms with Gasteiger partial charge in [0.1, 0.15) is 6.29 Å². The van der Waals surface area contributed by atoms with E-state index in [0.717, 1.165) is 11.8 Å². The van der Waals surface area contributed by atoms with Gasteiger partial charge in [0.2, 0.25) is 0 Å². The van der Waals surface area contributed by atoms with E-state index >= 15 is 0 Å². The van der Waals surface area contributed by atoms with Crippen molar-refractivity contribution >= 4 is 6.29 Å². The van der Waals surface area contributed by atoms with Crippen LogP contribution in [0.1, 0.15) is 40.7 Å². The lowest BCUT2D eigenvalue weighted by Crippen LogP contribution is -1.98. The Labute approximate surface area is 115 Å². The highest BCUT2D eigenvalue weighted by molar-refractivity contribution is 5.55. The third-order valence-corrected chi connectivity index (χ3v) is 3.54. The van der Waals surface area contributed by atoms with E-state index in [1.165, 1.54) is 22.3 Å². The maximum atomic E-state index is 10.5. The molecule has 0 spiro atoms. The van der Waals surface area contributed by atoms with Gasteiger partial charge in [-0.15, -0.1) is 0 Å². The molecule has 2 aromatic carbocycles. The summed E-state index contributed by atoms with van der Waals surface area (Å²) in [5.41, 5.74) is 6.32. The Morgan fingerprint density at radius 1 is 0.947 bits per heavy atom. The van der Waals surface area contributed by atoms with Crippen LogP contribution in [0.4, 0.5) is 0 Å². The van der Waals surface area contributed by atoms with Crippen molar-refractivity contribution in [1.82, 2.24) is 0 Å². The van der Waals surface area contributed by atoms with Crippen LogP contribution in [0.5, 0.6) is 0 Å². The molecule has 1 nitrogen and oxygen atoms in total. The summed E-state index contributed by atoms with van der Waals surface area (Å²) in [7, 11) is 0. The van der Waals surface area contributed by atoms with Gasteiger partial charge in [-0.2, -0.15) is 0 Å². The molecule has 0 saturated carbocycles. The molecule has 0 radical (unpaired) electrons. The van der Waals surface area contributed by atoms with Gasteiger partial charge in [-0.25, -0.2) is 0 Å². The van der Waals surface area contributed by atoms with E-state index in [4.69, 9.17) is 0 Å². The van der Waals surface area contributed by atoms with Gasteiger partial charge >= 0.3 is 0 Å². The third kappa shape index (κ3) is 3.31. The van der Waals surface area contributed by atoms with Crippen molar-refractivity contribution in [3.8, 4) is 0 Å². The number of aldehydes is 1. The third-order valence-electron chi connectivity index (χ3n) is 3.54. The number of hydrogen-bond donors (Lipinski definition) is 0. The van der Waals surface area contributed by atoms with Crippen molar-refractivity contribution < 1.29 is 4.79 Å². The fourth-order valence-electron chi connectivity index (χ4n) is 2.49. The van der Waals surface area contributed by atoms with Gasteiger partial charge in [0, 0.05) is 12.3 Å². The van der Waals surface area contributed by atoms with Crippen LogP contribution in [0.15, 0.2) is 42.5 Å². The van der Waals surface area contributed by atoms with Gasteiger partial charge in [-0.3, -0.25) is 0 Å². The average molecular weight is 252 g/mol. The lowest BCUT2D eigenvalue weighted by atomic mass is 9.90. The summed E-state index contributed by atoms with van der Waals surface area (Å²) in [5, 5.41) is 0. The first-order chi connectivity index (χ1) is 9.10. The van der Waals surface area contributed by atoms with Crippen molar-refractivity contribution in [2.75, 3.05) is 0 Å². The van der Waals surface area contributed by atoms with Crippen molar-refractivity contribution in [3.63, 3.8) is 0 Å². The molecule has 0 aliphatic heterocycles. The molecule has 1 atom stereocenters. The minimum atomic E-state index is 0.379. The molecule has 98 valence electrons. The first-order valence-corrected chi connectivity index (χ1v) is 6.71. The molecule has 0 bridgehead atoms. The molecule has 0 amide bonds. The summed E-state index contributed by atoms with van der Waals surface area (Å²) >= 11 is 0. The highest BCUT2D eigenvalue weighted by Gasteiger charge is 2.09. The SMILES string of the molecule is Cc1cc(C)cc(C(C)c2ccc(CC=O)cc2)c1. The topological polar surface area (TPSA) is 17.1 Å². The van der Waals surface area contributed by atoms with Crippen LogP contribution in [0, 0.1) is 13.8 Å².